The van der Waals surface area contributed by atoms with Gasteiger partial charge < -0.3 is 34.9 Å². The van der Waals surface area contributed by atoms with E-state index in [0.717, 1.165) is 5.39 Å². The highest BCUT2D eigenvalue weighted by Crippen LogP contribution is 2.26. The van der Waals surface area contributed by atoms with E-state index in [1.54, 1.807) is 31.2 Å². The van der Waals surface area contributed by atoms with Crippen molar-refractivity contribution in [2.24, 2.45) is 0 Å². The molecule has 5 N–H and O–H groups in total. The van der Waals surface area contributed by atoms with E-state index in [1.165, 1.54) is 0 Å². The van der Waals surface area contributed by atoms with Gasteiger partial charge in [-0.25, -0.2) is 4.79 Å². The highest BCUT2D eigenvalue weighted by Gasteiger charge is 2.43. The van der Waals surface area contributed by atoms with Gasteiger partial charge in [0.05, 0.1) is 19.3 Å². The molecule has 0 bridgehead atoms. The molecule has 1 aromatic heterocycles. The topological polar surface area (TPSA) is 132 Å². The zero-order chi connectivity index (χ0) is 18.1. The van der Waals surface area contributed by atoms with Crippen LogP contribution < -0.4 is 10.9 Å². The van der Waals surface area contributed by atoms with Crippen LogP contribution in [0.2, 0.25) is 0 Å². The molecule has 2 aromatic rings. The van der Waals surface area contributed by atoms with E-state index in [0.29, 0.717) is 16.8 Å². The predicted octanol–water partition coefficient (Wildman–Crippen LogP) is -0.644. The van der Waals surface area contributed by atoms with Crippen molar-refractivity contribution in [3.63, 3.8) is 0 Å². The Hall–Kier alpha value is -1.97. The summed E-state index contributed by atoms with van der Waals surface area (Å²) >= 11 is 0. The fourth-order valence-corrected chi connectivity index (χ4v) is 3.02. The fraction of sp³-hybridized carbons (Fsp3) is 0.471. The molecule has 136 valence electrons. The Kier molecular flexibility index (Phi) is 5.07. The van der Waals surface area contributed by atoms with Gasteiger partial charge in [0.15, 0.2) is 0 Å². The lowest BCUT2D eigenvalue weighted by Gasteiger charge is -2.42. The second-order valence-corrected chi connectivity index (χ2v) is 6.20. The molecule has 1 aromatic carbocycles. The first-order valence-electron chi connectivity index (χ1n) is 7.99. The van der Waals surface area contributed by atoms with Crippen LogP contribution in [-0.2, 0) is 4.74 Å². The predicted molar refractivity (Wildman–Crippen MR) is 89.5 cm³/mol. The second kappa shape index (κ2) is 7.11. The van der Waals surface area contributed by atoms with Crippen molar-refractivity contribution < 1.29 is 29.6 Å². The second-order valence-electron chi connectivity index (χ2n) is 6.20. The number of aryl methyl sites for hydroxylation is 1. The molecule has 1 aliphatic rings. The third-order valence-corrected chi connectivity index (χ3v) is 4.45. The van der Waals surface area contributed by atoms with E-state index in [-0.39, 0.29) is 0 Å². The highest BCUT2D eigenvalue weighted by atomic mass is 16.5. The summed E-state index contributed by atoms with van der Waals surface area (Å²) in [5.74, 6) is 0. The summed E-state index contributed by atoms with van der Waals surface area (Å²) in [6, 6.07) is 5.99. The molecule has 8 nitrogen and oxygen atoms in total. The van der Waals surface area contributed by atoms with Gasteiger partial charge in [-0.05, 0) is 25.1 Å². The molecule has 0 amide bonds. The lowest BCUT2D eigenvalue weighted by atomic mass is 9.92. The van der Waals surface area contributed by atoms with Crippen LogP contribution in [0, 0.1) is 6.92 Å². The van der Waals surface area contributed by atoms with Crippen LogP contribution in [-0.4, -0.2) is 64.1 Å². The van der Waals surface area contributed by atoms with Crippen LogP contribution in [0.5, 0.6) is 0 Å². The quantitative estimate of drug-likeness (QED) is 0.459. The number of anilines is 1. The third-order valence-electron chi connectivity index (χ3n) is 4.45. The van der Waals surface area contributed by atoms with Crippen molar-refractivity contribution in [1.82, 2.24) is 0 Å². The number of ether oxygens (including phenoxy) is 1. The molecule has 1 saturated heterocycles. The summed E-state index contributed by atoms with van der Waals surface area (Å²) in [4.78, 5) is 11.7. The van der Waals surface area contributed by atoms with Crippen LogP contribution in [0.4, 0.5) is 5.69 Å². The van der Waals surface area contributed by atoms with Crippen molar-refractivity contribution in [3.05, 3.63) is 40.2 Å². The van der Waals surface area contributed by atoms with Crippen molar-refractivity contribution in [3.8, 4) is 0 Å². The van der Waals surface area contributed by atoms with Gasteiger partial charge in [-0.2, -0.15) is 0 Å². The summed E-state index contributed by atoms with van der Waals surface area (Å²) < 4.78 is 10.7. The Balaban J connectivity index is 1.88. The van der Waals surface area contributed by atoms with Gasteiger partial charge in [0, 0.05) is 22.7 Å². The van der Waals surface area contributed by atoms with Crippen molar-refractivity contribution >= 4 is 16.7 Å². The van der Waals surface area contributed by atoms with Crippen molar-refractivity contribution in [1.29, 1.82) is 0 Å². The molecule has 5 atom stereocenters. The molecule has 0 saturated carbocycles. The van der Waals surface area contributed by atoms with Gasteiger partial charge in [0.25, 0.3) is 0 Å². The Morgan fingerprint density at radius 3 is 2.48 bits per heavy atom. The number of benzene rings is 1. The Labute approximate surface area is 143 Å². The lowest BCUT2D eigenvalue weighted by molar-refractivity contribution is -0.192. The van der Waals surface area contributed by atoms with Gasteiger partial charge >= 0.3 is 5.63 Å². The number of nitrogens with one attached hydrogen (secondary N) is 1. The molecule has 1 fully saturated rings. The molecule has 25 heavy (non-hydrogen) atoms. The van der Waals surface area contributed by atoms with E-state index in [1.807, 2.05) is 0 Å². The zero-order valence-corrected chi connectivity index (χ0v) is 13.6. The smallest absolute Gasteiger partial charge is 0.339 e. The standard InChI is InChI=1S/C17H21NO7/c1-8-4-9-2-3-10(5-11(9)25-17(8)23)18-14-12(6-19)24-13(7-20)15(21)16(14)22/h2-5,12-16,18-22H,6-7H2,1H3/t12?,13?,14-,15-,16?/m1/s1. The zero-order valence-electron chi connectivity index (χ0n) is 13.6. The van der Waals surface area contributed by atoms with Crippen LogP contribution >= 0.6 is 0 Å². The van der Waals surface area contributed by atoms with E-state index in [4.69, 9.17) is 9.15 Å². The molecule has 0 aliphatic carbocycles. The molecule has 3 rings (SSSR count). The Bertz CT molecular complexity index is 803. The number of aliphatic hydroxyl groups is 4. The van der Waals surface area contributed by atoms with Gasteiger partial charge in [0.1, 0.15) is 30.0 Å². The minimum absolute atomic E-state index is 0.376. The maximum absolute atomic E-state index is 11.7. The molecular weight excluding hydrogens is 330 g/mol. The Morgan fingerprint density at radius 1 is 1.08 bits per heavy atom. The molecule has 0 spiro atoms. The number of aliphatic hydroxyl groups excluding tert-OH is 4. The minimum atomic E-state index is -1.30. The summed E-state index contributed by atoms with van der Waals surface area (Å²) in [6.07, 6.45) is -4.35. The fourth-order valence-electron chi connectivity index (χ4n) is 3.02. The van der Waals surface area contributed by atoms with E-state index in [2.05, 4.69) is 5.32 Å². The average Bonchev–Trinajstić information content (AvgIpc) is 2.60. The summed E-state index contributed by atoms with van der Waals surface area (Å²) in [5, 5.41) is 42.8. The van der Waals surface area contributed by atoms with Crippen LogP contribution in [0.1, 0.15) is 5.56 Å². The maximum Gasteiger partial charge on any atom is 0.339 e. The van der Waals surface area contributed by atoms with Gasteiger partial charge in [-0.15, -0.1) is 0 Å². The van der Waals surface area contributed by atoms with E-state index >= 15 is 0 Å². The largest absolute Gasteiger partial charge is 0.422 e. The molecule has 1 aliphatic heterocycles. The number of hydrogen-bond acceptors (Lipinski definition) is 8. The molecule has 8 heteroatoms. The monoisotopic (exact) mass is 351 g/mol. The number of rotatable bonds is 4. The van der Waals surface area contributed by atoms with Crippen LogP contribution in [0.3, 0.4) is 0 Å². The third kappa shape index (κ3) is 3.39. The van der Waals surface area contributed by atoms with Crippen molar-refractivity contribution in [2.75, 3.05) is 18.5 Å². The lowest BCUT2D eigenvalue weighted by Crippen LogP contribution is -2.62. The van der Waals surface area contributed by atoms with Crippen LogP contribution in [0.25, 0.3) is 11.0 Å². The first-order chi connectivity index (χ1) is 11.9. The molecule has 0 radical (unpaired) electrons. The molecular formula is C17H21NO7. The normalized spacial score (nSPS) is 29.7. The number of hydrogen-bond donors (Lipinski definition) is 5. The van der Waals surface area contributed by atoms with E-state index in [9.17, 15) is 25.2 Å². The number of fused-ring (bicyclic) bond motifs is 1. The first-order valence-corrected chi connectivity index (χ1v) is 7.99. The Morgan fingerprint density at radius 2 is 1.80 bits per heavy atom. The minimum Gasteiger partial charge on any atom is -0.422 e. The van der Waals surface area contributed by atoms with Crippen LogP contribution in [0.15, 0.2) is 33.5 Å². The van der Waals surface area contributed by atoms with Crippen molar-refractivity contribution in [2.45, 2.75) is 37.4 Å². The summed E-state index contributed by atoms with van der Waals surface area (Å²) in [7, 11) is 0. The molecule has 2 heterocycles. The maximum atomic E-state index is 11.7. The molecule has 3 unspecified atom stereocenters. The SMILES string of the molecule is Cc1cc2ccc(N[C@@H]3C(CO)OC(CO)[C@@H](O)C3O)cc2oc1=O. The first kappa shape index (κ1) is 17.8. The van der Waals surface area contributed by atoms with Gasteiger partial charge in [-0.1, -0.05) is 0 Å². The van der Waals surface area contributed by atoms with Gasteiger partial charge in [0.2, 0.25) is 0 Å². The highest BCUT2D eigenvalue weighted by molar-refractivity contribution is 5.80. The average molecular weight is 351 g/mol. The summed E-state index contributed by atoms with van der Waals surface area (Å²) in [6.45, 7) is 0.791. The summed E-state index contributed by atoms with van der Waals surface area (Å²) in [5.41, 5.74) is 0.976. The van der Waals surface area contributed by atoms with E-state index < -0.39 is 49.3 Å². The van der Waals surface area contributed by atoms with Gasteiger partial charge in [-0.3, -0.25) is 0 Å².